The number of rotatable bonds is 9. The molecule has 1 fully saturated rings. The van der Waals surface area contributed by atoms with Crippen LogP contribution in [-0.2, 0) is 6.42 Å². The van der Waals surface area contributed by atoms with E-state index < -0.39 is 0 Å². The van der Waals surface area contributed by atoms with Crippen LogP contribution in [0.3, 0.4) is 0 Å². The number of benzene rings is 1. The van der Waals surface area contributed by atoms with Gasteiger partial charge in [-0.1, -0.05) is 26.0 Å². The summed E-state index contributed by atoms with van der Waals surface area (Å²) in [7, 11) is 1.70. The number of nitrogens with one attached hydrogen (secondary N) is 2. The summed E-state index contributed by atoms with van der Waals surface area (Å²) in [5.41, 5.74) is 1.30. The minimum Gasteiger partial charge on any atom is -0.497 e. The van der Waals surface area contributed by atoms with E-state index in [1.165, 1.54) is 38.0 Å². The number of likely N-dealkylation sites (tertiary alicyclic amines) is 1. The van der Waals surface area contributed by atoms with E-state index in [4.69, 9.17) is 9.73 Å². The minimum atomic E-state index is 0. The Balaban J connectivity index is 0.00000392. The van der Waals surface area contributed by atoms with E-state index in [-0.39, 0.29) is 24.0 Å². The van der Waals surface area contributed by atoms with Gasteiger partial charge in [0.2, 0.25) is 0 Å². The third kappa shape index (κ3) is 9.45. The van der Waals surface area contributed by atoms with Crippen LogP contribution in [0.1, 0.15) is 39.2 Å². The lowest BCUT2D eigenvalue weighted by Gasteiger charge is -2.33. The summed E-state index contributed by atoms with van der Waals surface area (Å²) < 4.78 is 5.21. The predicted octanol–water partition coefficient (Wildman–Crippen LogP) is 3.78. The van der Waals surface area contributed by atoms with Gasteiger partial charge in [-0.25, -0.2) is 0 Å². The molecule has 0 amide bonds. The molecule has 0 aliphatic carbocycles. The number of piperidine rings is 1. The third-order valence-corrected chi connectivity index (χ3v) is 4.94. The number of hydrogen-bond acceptors (Lipinski definition) is 3. The molecule has 0 spiro atoms. The minimum absolute atomic E-state index is 0. The van der Waals surface area contributed by atoms with Gasteiger partial charge in [0, 0.05) is 32.7 Å². The Morgan fingerprint density at radius 2 is 2.00 bits per heavy atom. The van der Waals surface area contributed by atoms with Crippen molar-refractivity contribution in [3.8, 4) is 5.75 Å². The van der Waals surface area contributed by atoms with Crippen molar-refractivity contribution in [1.82, 2.24) is 15.5 Å². The molecule has 160 valence electrons. The number of aliphatic imine (C=N–C) groups is 1. The fraction of sp³-hybridized carbons (Fsp3) is 0.682. The van der Waals surface area contributed by atoms with E-state index in [2.05, 4.69) is 48.4 Å². The molecule has 28 heavy (non-hydrogen) atoms. The topological polar surface area (TPSA) is 48.9 Å². The molecule has 2 N–H and O–H groups in total. The van der Waals surface area contributed by atoms with Crippen molar-refractivity contribution < 1.29 is 4.74 Å². The van der Waals surface area contributed by atoms with Crippen LogP contribution in [0.4, 0.5) is 0 Å². The molecule has 1 aliphatic heterocycles. The molecule has 1 unspecified atom stereocenters. The fourth-order valence-electron chi connectivity index (χ4n) is 3.66. The zero-order valence-corrected chi connectivity index (χ0v) is 20.4. The van der Waals surface area contributed by atoms with Crippen LogP contribution in [0.2, 0.25) is 0 Å². The number of halogens is 1. The maximum absolute atomic E-state index is 5.21. The Labute approximate surface area is 188 Å². The molecule has 5 nitrogen and oxygen atoms in total. The second-order valence-corrected chi connectivity index (χ2v) is 7.91. The maximum Gasteiger partial charge on any atom is 0.191 e. The van der Waals surface area contributed by atoms with E-state index in [0.29, 0.717) is 5.92 Å². The Bertz CT molecular complexity index is 562. The highest BCUT2D eigenvalue weighted by Gasteiger charge is 2.20. The van der Waals surface area contributed by atoms with Crippen LogP contribution in [0.15, 0.2) is 29.3 Å². The summed E-state index contributed by atoms with van der Waals surface area (Å²) in [5, 5.41) is 6.85. The van der Waals surface area contributed by atoms with Crippen molar-refractivity contribution in [1.29, 1.82) is 0 Å². The molecule has 0 saturated carbocycles. The van der Waals surface area contributed by atoms with Crippen LogP contribution < -0.4 is 15.4 Å². The molecule has 0 bridgehead atoms. The van der Waals surface area contributed by atoms with Gasteiger partial charge in [0.25, 0.3) is 0 Å². The highest BCUT2D eigenvalue weighted by molar-refractivity contribution is 14.0. The first-order valence-electron chi connectivity index (χ1n) is 10.5. The Kier molecular flexibility index (Phi) is 12.5. The average molecular weight is 502 g/mol. The lowest BCUT2D eigenvalue weighted by molar-refractivity contribution is 0.162. The molecule has 1 aromatic rings. The van der Waals surface area contributed by atoms with E-state index in [0.717, 1.165) is 43.7 Å². The monoisotopic (exact) mass is 502 g/mol. The molecule has 1 saturated heterocycles. The SMILES string of the molecule is CCNC(=NCC1CCCN(CC(C)C)C1)NCCc1ccc(OC)cc1.I. The standard InChI is InChI=1S/C22H38N4O.HI/c1-5-23-22(24-13-12-19-8-10-21(27-4)11-9-19)25-15-20-7-6-14-26(17-20)16-18(2)3;/h8-11,18,20H,5-7,12-17H2,1-4H3,(H2,23,24,25);1H. The van der Waals surface area contributed by atoms with Gasteiger partial charge >= 0.3 is 0 Å². The van der Waals surface area contributed by atoms with Crippen molar-refractivity contribution in [2.75, 3.05) is 46.4 Å². The largest absolute Gasteiger partial charge is 0.497 e. The van der Waals surface area contributed by atoms with Crippen LogP contribution in [0.25, 0.3) is 0 Å². The van der Waals surface area contributed by atoms with Crippen LogP contribution in [0, 0.1) is 11.8 Å². The zero-order valence-electron chi connectivity index (χ0n) is 18.0. The zero-order chi connectivity index (χ0) is 19.5. The molecule has 6 heteroatoms. The first kappa shape index (κ1) is 25.0. The molecule has 1 aromatic carbocycles. The Morgan fingerprint density at radius 3 is 2.64 bits per heavy atom. The van der Waals surface area contributed by atoms with Crippen molar-refractivity contribution in [3.63, 3.8) is 0 Å². The second kappa shape index (κ2) is 14.0. The summed E-state index contributed by atoms with van der Waals surface area (Å²) in [6, 6.07) is 8.27. The number of hydrogen-bond donors (Lipinski definition) is 2. The maximum atomic E-state index is 5.21. The predicted molar refractivity (Wildman–Crippen MR) is 130 cm³/mol. The van der Waals surface area contributed by atoms with Gasteiger partial charge in [-0.2, -0.15) is 0 Å². The summed E-state index contributed by atoms with van der Waals surface area (Å²) in [4.78, 5) is 7.47. The molecule has 0 aromatic heterocycles. The van der Waals surface area contributed by atoms with E-state index in [1.54, 1.807) is 7.11 Å². The smallest absolute Gasteiger partial charge is 0.191 e. The Hall–Kier alpha value is -1.02. The summed E-state index contributed by atoms with van der Waals surface area (Å²) in [6.07, 6.45) is 3.57. The first-order chi connectivity index (χ1) is 13.1. The highest BCUT2D eigenvalue weighted by atomic mass is 127. The highest BCUT2D eigenvalue weighted by Crippen LogP contribution is 2.17. The van der Waals surface area contributed by atoms with Gasteiger partial charge in [0.1, 0.15) is 5.75 Å². The summed E-state index contributed by atoms with van der Waals surface area (Å²) >= 11 is 0. The number of nitrogens with zero attached hydrogens (tertiary/aromatic N) is 2. The molecule has 1 heterocycles. The number of guanidine groups is 1. The fourth-order valence-corrected chi connectivity index (χ4v) is 3.66. The van der Waals surface area contributed by atoms with Crippen molar-refractivity contribution >= 4 is 29.9 Å². The quantitative estimate of drug-likeness (QED) is 0.307. The second-order valence-electron chi connectivity index (χ2n) is 7.91. The molecule has 2 rings (SSSR count). The van der Waals surface area contributed by atoms with Gasteiger partial charge in [0.05, 0.1) is 7.11 Å². The van der Waals surface area contributed by atoms with Crippen molar-refractivity contribution in [3.05, 3.63) is 29.8 Å². The van der Waals surface area contributed by atoms with Crippen molar-refractivity contribution in [2.24, 2.45) is 16.8 Å². The average Bonchev–Trinajstić information content (AvgIpc) is 2.66. The lowest BCUT2D eigenvalue weighted by Crippen LogP contribution is -2.41. The Morgan fingerprint density at radius 1 is 1.25 bits per heavy atom. The first-order valence-corrected chi connectivity index (χ1v) is 10.5. The van der Waals surface area contributed by atoms with Crippen LogP contribution in [-0.4, -0.2) is 57.2 Å². The van der Waals surface area contributed by atoms with Crippen molar-refractivity contribution in [2.45, 2.75) is 40.0 Å². The van der Waals surface area contributed by atoms with Gasteiger partial charge < -0.3 is 20.3 Å². The summed E-state index contributed by atoms with van der Waals surface area (Å²) in [6.45, 7) is 13.0. The van der Waals surface area contributed by atoms with Crippen LogP contribution in [0.5, 0.6) is 5.75 Å². The van der Waals surface area contributed by atoms with E-state index >= 15 is 0 Å². The molecule has 1 atom stereocenters. The van der Waals surface area contributed by atoms with Gasteiger partial charge in [-0.15, -0.1) is 24.0 Å². The normalized spacial score (nSPS) is 17.9. The van der Waals surface area contributed by atoms with E-state index in [1.807, 2.05) is 12.1 Å². The molecular weight excluding hydrogens is 463 g/mol. The molecular formula is C22H39IN4O. The van der Waals surface area contributed by atoms with E-state index in [9.17, 15) is 0 Å². The molecule has 1 aliphatic rings. The van der Waals surface area contributed by atoms with Crippen LogP contribution >= 0.6 is 24.0 Å². The van der Waals surface area contributed by atoms with Gasteiger partial charge in [-0.3, -0.25) is 4.99 Å². The lowest BCUT2D eigenvalue weighted by atomic mass is 9.97. The van der Waals surface area contributed by atoms with Gasteiger partial charge in [0.15, 0.2) is 5.96 Å². The molecule has 0 radical (unpaired) electrons. The number of methoxy groups -OCH3 is 1. The van der Waals surface area contributed by atoms with Gasteiger partial charge in [-0.05, 0) is 62.3 Å². The third-order valence-electron chi connectivity index (χ3n) is 4.94. The number of ether oxygens (including phenoxy) is 1. The summed E-state index contributed by atoms with van der Waals surface area (Å²) in [5.74, 6) is 3.26.